The van der Waals surface area contributed by atoms with Crippen LogP contribution in [-0.4, -0.2) is 25.3 Å². The summed E-state index contributed by atoms with van der Waals surface area (Å²) < 4.78 is 5.20. The van der Waals surface area contributed by atoms with Crippen molar-refractivity contribution in [3.05, 3.63) is 23.2 Å². The van der Waals surface area contributed by atoms with Crippen LogP contribution in [0.2, 0.25) is 5.02 Å². The summed E-state index contributed by atoms with van der Waals surface area (Å²) in [6.07, 6.45) is 0.682. The summed E-state index contributed by atoms with van der Waals surface area (Å²) >= 11 is 5.78. The van der Waals surface area contributed by atoms with E-state index in [2.05, 4.69) is 0 Å². The van der Waals surface area contributed by atoms with Gasteiger partial charge in [0.1, 0.15) is 12.0 Å². The quantitative estimate of drug-likeness (QED) is 0.712. The minimum atomic E-state index is -0.225. The second kappa shape index (κ2) is 3.90. The van der Waals surface area contributed by atoms with Crippen LogP contribution in [0.5, 0.6) is 5.75 Å². The van der Waals surface area contributed by atoms with E-state index in [0.29, 0.717) is 22.7 Å². The van der Waals surface area contributed by atoms with Crippen LogP contribution in [0.25, 0.3) is 0 Å². The number of anilines is 1. The fourth-order valence-corrected chi connectivity index (χ4v) is 1.62. The number of fused-ring (bicyclic) bond motifs is 1. The van der Waals surface area contributed by atoms with Crippen molar-refractivity contribution in [3.63, 3.8) is 0 Å². The zero-order chi connectivity index (χ0) is 10.8. The average Bonchev–Trinajstić information content (AvgIpc) is 2.22. The topological polar surface area (TPSA) is 46.6 Å². The van der Waals surface area contributed by atoms with Gasteiger partial charge in [0.05, 0.1) is 12.2 Å². The normalized spacial score (nSPS) is 14.5. The molecule has 2 rings (SSSR count). The predicted octanol–water partition coefficient (Wildman–Crippen LogP) is 1.26. The first-order valence-corrected chi connectivity index (χ1v) is 4.76. The van der Waals surface area contributed by atoms with Gasteiger partial charge in [0, 0.05) is 11.1 Å². The van der Waals surface area contributed by atoms with Crippen molar-refractivity contribution < 1.29 is 14.3 Å². The Morgan fingerprint density at radius 3 is 3.07 bits per heavy atom. The van der Waals surface area contributed by atoms with Crippen LogP contribution in [0.3, 0.4) is 0 Å². The first-order valence-electron chi connectivity index (χ1n) is 4.38. The Balaban J connectivity index is 2.43. The van der Waals surface area contributed by atoms with E-state index >= 15 is 0 Å². The molecule has 4 nitrogen and oxygen atoms in total. The fraction of sp³-hybridized carbons (Fsp3) is 0.200. The molecule has 0 atom stereocenters. The third-order valence-electron chi connectivity index (χ3n) is 2.12. The van der Waals surface area contributed by atoms with Crippen molar-refractivity contribution in [2.24, 2.45) is 0 Å². The summed E-state index contributed by atoms with van der Waals surface area (Å²) in [6, 6.07) is 4.94. The summed E-state index contributed by atoms with van der Waals surface area (Å²) in [5.41, 5.74) is 0.586. The van der Waals surface area contributed by atoms with Crippen LogP contribution in [0, 0.1) is 0 Å². The van der Waals surface area contributed by atoms with Crippen LogP contribution in [0.1, 0.15) is 0 Å². The smallest absolute Gasteiger partial charge is 0.265 e. The molecule has 0 aromatic heterocycles. The maximum Gasteiger partial charge on any atom is 0.265 e. The maximum atomic E-state index is 11.4. The summed E-state index contributed by atoms with van der Waals surface area (Å²) in [5.74, 6) is 0.306. The molecule has 0 spiro atoms. The molecule has 1 aromatic carbocycles. The molecular formula is C10H8ClNO3. The highest BCUT2D eigenvalue weighted by atomic mass is 35.5. The fourth-order valence-electron chi connectivity index (χ4n) is 1.45. The second-order valence-electron chi connectivity index (χ2n) is 3.07. The molecule has 0 radical (unpaired) electrons. The van der Waals surface area contributed by atoms with Crippen molar-refractivity contribution in [2.45, 2.75) is 0 Å². The van der Waals surface area contributed by atoms with Crippen molar-refractivity contribution in [1.82, 2.24) is 0 Å². The largest absolute Gasteiger partial charge is 0.482 e. The van der Waals surface area contributed by atoms with Gasteiger partial charge in [-0.05, 0) is 12.1 Å². The zero-order valence-corrected chi connectivity index (χ0v) is 8.53. The van der Waals surface area contributed by atoms with Gasteiger partial charge in [0.25, 0.3) is 5.91 Å². The standard InChI is InChI=1S/C10H8ClNO3/c11-7-1-2-8-9(5-7)15-6-10(14)12(8)3-4-13/h1-2,4-5H,3,6H2. The predicted molar refractivity (Wildman–Crippen MR) is 55.4 cm³/mol. The third-order valence-corrected chi connectivity index (χ3v) is 2.36. The van der Waals surface area contributed by atoms with Gasteiger partial charge in [-0.3, -0.25) is 9.69 Å². The minimum absolute atomic E-state index is 0.0385. The Bertz CT molecular complexity index is 419. The number of amides is 1. The number of aldehydes is 1. The molecular weight excluding hydrogens is 218 g/mol. The van der Waals surface area contributed by atoms with Crippen molar-refractivity contribution >= 4 is 29.5 Å². The highest BCUT2D eigenvalue weighted by Gasteiger charge is 2.24. The van der Waals surface area contributed by atoms with Crippen LogP contribution in [0.15, 0.2) is 18.2 Å². The molecule has 0 fully saturated rings. The Morgan fingerprint density at radius 1 is 1.53 bits per heavy atom. The number of hydrogen-bond acceptors (Lipinski definition) is 3. The Morgan fingerprint density at radius 2 is 2.33 bits per heavy atom. The van der Waals surface area contributed by atoms with E-state index in [4.69, 9.17) is 16.3 Å². The molecule has 0 aliphatic carbocycles. The lowest BCUT2D eigenvalue weighted by Crippen LogP contribution is -2.39. The van der Waals surface area contributed by atoms with Crippen LogP contribution in [-0.2, 0) is 9.59 Å². The highest BCUT2D eigenvalue weighted by molar-refractivity contribution is 6.30. The van der Waals surface area contributed by atoms with Gasteiger partial charge in [0.2, 0.25) is 0 Å². The minimum Gasteiger partial charge on any atom is -0.482 e. The molecule has 1 aliphatic rings. The lowest BCUT2D eigenvalue weighted by atomic mass is 10.2. The molecule has 1 amide bonds. The maximum absolute atomic E-state index is 11.4. The number of carbonyl (C=O) groups is 2. The van der Waals surface area contributed by atoms with Crippen molar-refractivity contribution in [3.8, 4) is 5.75 Å². The van der Waals surface area contributed by atoms with E-state index in [1.54, 1.807) is 18.2 Å². The van der Waals surface area contributed by atoms with Gasteiger partial charge in [-0.25, -0.2) is 0 Å². The van der Waals surface area contributed by atoms with Crippen LogP contribution in [0.4, 0.5) is 5.69 Å². The number of hydrogen-bond donors (Lipinski definition) is 0. The lowest BCUT2D eigenvalue weighted by molar-refractivity contribution is -0.122. The SMILES string of the molecule is O=CCN1C(=O)COc2cc(Cl)ccc21. The number of ether oxygens (including phenoxy) is 1. The molecule has 0 bridgehead atoms. The van der Waals surface area contributed by atoms with Gasteiger partial charge in [-0.1, -0.05) is 11.6 Å². The van der Waals surface area contributed by atoms with Gasteiger partial charge in [-0.2, -0.15) is 0 Å². The Labute approximate surface area is 91.4 Å². The van der Waals surface area contributed by atoms with Gasteiger partial charge in [-0.15, -0.1) is 0 Å². The Kier molecular flexibility index (Phi) is 2.60. The Hall–Kier alpha value is -1.55. The number of benzene rings is 1. The van der Waals surface area contributed by atoms with E-state index in [0.717, 1.165) is 0 Å². The lowest BCUT2D eigenvalue weighted by Gasteiger charge is -2.27. The summed E-state index contributed by atoms with van der Waals surface area (Å²) in [7, 11) is 0. The molecule has 15 heavy (non-hydrogen) atoms. The monoisotopic (exact) mass is 225 g/mol. The van der Waals surface area contributed by atoms with Crippen molar-refractivity contribution in [2.75, 3.05) is 18.1 Å². The molecule has 0 unspecified atom stereocenters. The molecule has 0 saturated heterocycles. The molecule has 78 valence electrons. The first kappa shape index (κ1) is 9.98. The number of nitrogens with zero attached hydrogens (tertiary/aromatic N) is 1. The van der Waals surface area contributed by atoms with Crippen molar-refractivity contribution in [1.29, 1.82) is 0 Å². The average molecular weight is 226 g/mol. The van der Waals surface area contributed by atoms with E-state index < -0.39 is 0 Å². The van der Waals surface area contributed by atoms with E-state index in [1.165, 1.54) is 4.90 Å². The highest BCUT2D eigenvalue weighted by Crippen LogP contribution is 2.33. The van der Waals surface area contributed by atoms with Crippen LogP contribution < -0.4 is 9.64 Å². The third kappa shape index (κ3) is 1.80. The summed E-state index contributed by atoms with van der Waals surface area (Å²) in [5, 5.41) is 0.536. The first-order chi connectivity index (χ1) is 7.22. The number of rotatable bonds is 2. The van der Waals surface area contributed by atoms with E-state index in [1.807, 2.05) is 0 Å². The molecule has 1 aromatic rings. The van der Waals surface area contributed by atoms with E-state index in [-0.39, 0.29) is 19.1 Å². The number of carbonyl (C=O) groups excluding carboxylic acids is 2. The molecule has 0 N–H and O–H groups in total. The molecule has 1 heterocycles. The van der Waals surface area contributed by atoms with Gasteiger partial charge >= 0.3 is 0 Å². The zero-order valence-electron chi connectivity index (χ0n) is 7.77. The molecule has 1 aliphatic heterocycles. The summed E-state index contributed by atoms with van der Waals surface area (Å²) in [4.78, 5) is 23.3. The van der Waals surface area contributed by atoms with Crippen LogP contribution >= 0.6 is 11.6 Å². The van der Waals surface area contributed by atoms with E-state index in [9.17, 15) is 9.59 Å². The number of halogens is 1. The second-order valence-corrected chi connectivity index (χ2v) is 3.51. The van der Waals surface area contributed by atoms with Gasteiger partial charge < -0.3 is 9.53 Å². The molecule has 0 saturated carbocycles. The van der Waals surface area contributed by atoms with Gasteiger partial charge in [0.15, 0.2) is 6.61 Å². The summed E-state index contributed by atoms with van der Waals surface area (Å²) in [6.45, 7) is -0.0159. The molecule has 5 heteroatoms.